The highest BCUT2D eigenvalue weighted by Gasteiger charge is 2.14. The fourth-order valence-electron chi connectivity index (χ4n) is 1.85. The summed E-state index contributed by atoms with van der Waals surface area (Å²) in [5.41, 5.74) is 5.15. The van der Waals surface area contributed by atoms with Gasteiger partial charge in [-0.05, 0) is 45.1 Å². The summed E-state index contributed by atoms with van der Waals surface area (Å²) in [4.78, 5) is 12.8. The molecule has 0 aromatic heterocycles. The average Bonchev–Trinajstić information content (AvgIpc) is 2.31. The van der Waals surface area contributed by atoms with Gasteiger partial charge in [0.05, 0.1) is 5.02 Å². The number of nitrogens with zero attached hydrogens (tertiary/aromatic N) is 1. The first-order valence-corrected chi connectivity index (χ1v) is 7.19. The zero-order valence-electron chi connectivity index (χ0n) is 11.7. The number of hydrogen-bond acceptors (Lipinski definition) is 3. The molecule has 0 heterocycles. The van der Waals surface area contributed by atoms with Crippen LogP contribution in [0.5, 0.6) is 5.75 Å². The molecule has 1 aromatic rings. The number of carbonyl (C=O) groups is 1. The fourth-order valence-corrected chi connectivity index (χ4v) is 2.30. The van der Waals surface area contributed by atoms with Crippen LogP contribution < -0.4 is 10.5 Å². The smallest absolute Gasteiger partial charge is 0.217 e. The molecule has 0 fully saturated rings. The van der Waals surface area contributed by atoms with Crippen LogP contribution in [0.2, 0.25) is 10.0 Å². The van der Waals surface area contributed by atoms with Gasteiger partial charge < -0.3 is 15.4 Å². The Morgan fingerprint density at radius 2 is 2.10 bits per heavy atom. The van der Waals surface area contributed by atoms with Gasteiger partial charge >= 0.3 is 0 Å². The van der Waals surface area contributed by atoms with E-state index in [0.29, 0.717) is 28.6 Å². The molecule has 1 amide bonds. The molecule has 4 nitrogen and oxygen atoms in total. The van der Waals surface area contributed by atoms with E-state index < -0.39 is 0 Å². The van der Waals surface area contributed by atoms with Crippen LogP contribution in [-0.2, 0) is 4.79 Å². The quantitative estimate of drug-likeness (QED) is 0.801. The summed E-state index contributed by atoms with van der Waals surface area (Å²) in [6.07, 6.45) is 1.74. The van der Waals surface area contributed by atoms with Crippen LogP contribution in [0.15, 0.2) is 18.2 Å². The number of benzene rings is 1. The molecule has 1 unspecified atom stereocenters. The third-order valence-corrected chi connectivity index (χ3v) is 3.24. The molecular weight excluding hydrogens is 299 g/mol. The lowest BCUT2D eigenvalue weighted by Crippen LogP contribution is -2.31. The van der Waals surface area contributed by atoms with E-state index in [9.17, 15) is 4.79 Å². The van der Waals surface area contributed by atoms with Crippen LogP contribution in [0, 0.1) is 0 Å². The Balaban J connectivity index is 2.65. The highest BCUT2D eigenvalue weighted by molar-refractivity contribution is 6.35. The first-order chi connectivity index (χ1) is 9.38. The molecular formula is C14H20Cl2N2O2. The summed E-state index contributed by atoms with van der Waals surface area (Å²) in [5.74, 6) is 0.306. The zero-order valence-corrected chi connectivity index (χ0v) is 13.2. The van der Waals surface area contributed by atoms with Crippen molar-refractivity contribution >= 4 is 29.1 Å². The summed E-state index contributed by atoms with van der Waals surface area (Å²) in [6, 6.07) is 5.13. The third-order valence-electron chi connectivity index (χ3n) is 2.71. The van der Waals surface area contributed by atoms with Crippen LogP contribution in [0.4, 0.5) is 0 Å². The van der Waals surface area contributed by atoms with Gasteiger partial charge in [0.2, 0.25) is 5.91 Å². The second-order valence-corrected chi connectivity index (χ2v) is 5.78. The number of ether oxygens (including phenoxy) is 1. The average molecular weight is 319 g/mol. The maximum absolute atomic E-state index is 10.8. The van der Waals surface area contributed by atoms with Crippen molar-refractivity contribution in [2.24, 2.45) is 5.73 Å². The van der Waals surface area contributed by atoms with Crippen LogP contribution in [0.25, 0.3) is 0 Å². The van der Waals surface area contributed by atoms with Gasteiger partial charge in [-0.15, -0.1) is 0 Å². The largest absolute Gasteiger partial charge is 0.488 e. The number of carbonyl (C=O) groups excluding carboxylic acids is 1. The lowest BCUT2D eigenvalue weighted by atomic mass is 10.1. The number of rotatable bonds is 8. The molecule has 0 spiro atoms. The lowest BCUT2D eigenvalue weighted by molar-refractivity contribution is -0.118. The Hall–Kier alpha value is -0.970. The number of nitrogens with two attached hydrogens (primary N) is 1. The van der Waals surface area contributed by atoms with Crippen molar-refractivity contribution in [3.8, 4) is 5.75 Å². The summed E-state index contributed by atoms with van der Waals surface area (Å²) in [7, 11) is 3.93. The molecule has 6 heteroatoms. The molecule has 1 aromatic carbocycles. The highest BCUT2D eigenvalue weighted by atomic mass is 35.5. The second-order valence-electron chi connectivity index (χ2n) is 4.94. The van der Waals surface area contributed by atoms with Crippen molar-refractivity contribution in [1.29, 1.82) is 0 Å². The number of amides is 1. The predicted octanol–water partition coefficient (Wildman–Crippen LogP) is 2.96. The van der Waals surface area contributed by atoms with E-state index in [1.165, 1.54) is 0 Å². The standard InChI is InChI=1S/C14H20Cl2N2O2/c1-18(2)9-11(4-3-5-14(17)19)20-13-7-6-10(15)8-12(13)16/h6-8,11H,3-5,9H2,1-2H3,(H2,17,19). The van der Waals surface area contributed by atoms with Crippen molar-refractivity contribution in [3.05, 3.63) is 28.2 Å². The van der Waals surface area contributed by atoms with Gasteiger partial charge in [-0.25, -0.2) is 0 Å². The minimum atomic E-state index is -0.293. The van der Waals surface area contributed by atoms with E-state index in [4.69, 9.17) is 33.7 Å². The number of primary amides is 1. The van der Waals surface area contributed by atoms with E-state index >= 15 is 0 Å². The lowest BCUT2D eigenvalue weighted by Gasteiger charge is -2.23. The molecule has 0 aliphatic heterocycles. The Kier molecular flexibility index (Phi) is 7.13. The molecule has 20 heavy (non-hydrogen) atoms. The summed E-state index contributed by atoms with van der Waals surface area (Å²) in [5, 5.41) is 1.05. The summed E-state index contributed by atoms with van der Waals surface area (Å²) >= 11 is 12.0. The summed E-state index contributed by atoms with van der Waals surface area (Å²) < 4.78 is 5.91. The van der Waals surface area contributed by atoms with E-state index in [2.05, 4.69) is 0 Å². The molecule has 0 radical (unpaired) electrons. The number of hydrogen-bond donors (Lipinski definition) is 1. The Morgan fingerprint density at radius 3 is 2.65 bits per heavy atom. The van der Waals surface area contributed by atoms with Gasteiger partial charge in [-0.3, -0.25) is 4.79 Å². The van der Waals surface area contributed by atoms with Gasteiger partial charge in [0.1, 0.15) is 11.9 Å². The normalized spacial score (nSPS) is 12.4. The van der Waals surface area contributed by atoms with Crippen molar-refractivity contribution < 1.29 is 9.53 Å². The van der Waals surface area contributed by atoms with E-state index in [0.717, 1.165) is 13.0 Å². The van der Waals surface area contributed by atoms with E-state index in [-0.39, 0.29) is 12.0 Å². The van der Waals surface area contributed by atoms with Gasteiger partial charge in [0.25, 0.3) is 0 Å². The van der Waals surface area contributed by atoms with Gasteiger partial charge in [-0.1, -0.05) is 23.2 Å². The number of halogens is 2. The molecule has 0 bridgehead atoms. The number of likely N-dealkylation sites (N-methyl/N-ethyl adjacent to an activating group) is 1. The van der Waals surface area contributed by atoms with Crippen molar-refractivity contribution in [2.75, 3.05) is 20.6 Å². The highest BCUT2D eigenvalue weighted by Crippen LogP contribution is 2.29. The predicted molar refractivity (Wildman–Crippen MR) is 82.5 cm³/mol. The molecule has 0 saturated heterocycles. The van der Waals surface area contributed by atoms with Crippen LogP contribution in [0.1, 0.15) is 19.3 Å². The Bertz CT molecular complexity index is 453. The minimum absolute atomic E-state index is 0.0528. The Labute approximate surface area is 129 Å². The van der Waals surface area contributed by atoms with E-state index in [1.807, 2.05) is 19.0 Å². The molecule has 0 saturated carbocycles. The Morgan fingerprint density at radius 1 is 1.40 bits per heavy atom. The monoisotopic (exact) mass is 318 g/mol. The SMILES string of the molecule is CN(C)CC(CCCC(N)=O)Oc1ccc(Cl)cc1Cl. The van der Waals surface area contributed by atoms with Crippen LogP contribution in [0.3, 0.4) is 0 Å². The second kappa shape index (κ2) is 8.35. The minimum Gasteiger partial charge on any atom is -0.488 e. The first-order valence-electron chi connectivity index (χ1n) is 6.43. The van der Waals surface area contributed by atoms with Gasteiger partial charge in [0.15, 0.2) is 0 Å². The van der Waals surface area contributed by atoms with E-state index in [1.54, 1.807) is 18.2 Å². The zero-order chi connectivity index (χ0) is 15.1. The van der Waals surface area contributed by atoms with Crippen molar-refractivity contribution in [2.45, 2.75) is 25.4 Å². The van der Waals surface area contributed by atoms with Gasteiger partial charge in [0, 0.05) is 18.0 Å². The molecule has 0 aliphatic rings. The third kappa shape index (κ3) is 6.46. The molecule has 0 aliphatic carbocycles. The molecule has 112 valence electrons. The molecule has 1 rings (SSSR count). The van der Waals surface area contributed by atoms with Crippen molar-refractivity contribution in [3.63, 3.8) is 0 Å². The molecule has 2 N–H and O–H groups in total. The summed E-state index contributed by atoms with van der Waals surface area (Å²) in [6.45, 7) is 0.734. The first kappa shape index (κ1) is 17.1. The topological polar surface area (TPSA) is 55.6 Å². The van der Waals surface area contributed by atoms with Crippen LogP contribution >= 0.6 is 23.2 Å². The maximum Gasteiger partial charge on any atom is 0.217 e. The maximum atomic E-state index is 10.8. The fraction of sp³-hybridized carbons (Fsp3) is 0.500. The van der Waals surface area contributed by atoms with Crippen LogP contribution in [-0.4, -0.2) is 37.6 Å². The van der Waals surface area contributed by atoms with Crippen molar-refractivity contribution in [1.82, 2.24) is 4.90 Å². The van der Waals surface area contributed by atoms with Gasteiger partial charge in [-0.2, -0.15) is 0 Å². The molecule has 1 atom stereocenters.